The summed E-state index contributed by atoms with van der Waals surface area (Å²) in [5.41, 5.74) is 5.24. The Morgan fingerprint density at radius 2 is 2.22 bits per heavy atom. The van der Waals surface area contributed by atoms with Gasteiger partial charge in [0.25, 0.3) is 5.91 Å². The van der Waals surface area contributed by atoms with Crippen LogP contribution in [0.15, 0.2) is 12.3 Å². The van der Waals surface area contributed by atoms with Crippen molar-refractivity contribution in [3.8, 4) is 0 Å². The van der Waals surface area contributed by atoms with Gasteiger partial charge in [0.2, 0.25) is 0 Å². The zero-order chi connectivity index (χ0) is 13.5. The van der Waals surface area contributed by atoms with Crippen LogP contribution in [0, 0.1) is 5.82 Å². The quantitative estimate of drug-likeness (QED) is 0.739. The van der Waals surface area contributed by atoms with Gasteiger partial charge < -0.3 is 16.0 Å². The summed E-state index contributed by atoms with van der Waals surface area (Å²) in [4.78, 5) is 17.3. The van der Waals surface area contributed by atoms with Crippen molar-refractivity contribution in [1.82, 2.24) is 15.2 Å². The van der Waals surface area contributed by atoms with E-state index in [1.807, 2.05) is 14.1 Å². The van der Waals surface area contributed by atoms with E-state index in [4.69, 9.17) is 5.73 Å². The zero-order valence-corrected chi connectivity index (χ0v) is 10.7. The van der Waals surface area contributed by atoms with Crippen LogP contribution >= 0.6 is 0 Å². The fourth-order valence-corrected chi connectivity index (χ4v) is 1.49. The first-order chi connectivity index (χ1) is 8.52. The van der Waals surface area contributed by atoms with Crippen LogP contribution in [-0.4, -0.2) is 43.0 Å². The lowest BCUT2D eigenvalue weighted by molar-refractivity contribution is 0.0948. The van der Waals surface area contributed by atoms with Gasteiger partial charge in [0.1, 0.15) is 0 Å². The lowest BCUT2D eigenvalue weighted by Gasteiger charge is -2.09. The van der Waals surface area contributed by atoms with Gasteiger partial charge in [-0.05, 0) is 39.5 Å². The maximum absolute atomic E-state index is 13.5. The maximum Gasteiger partial charge on any atom is 0.254 e. The van der Waals surface area contributed by atoms with Gasteiger partial charge in [0.15, 0.2) is 11.6 Å². The SMILES string of the molecule is CN(C)CCCCNC(=O)c1ccnc(N)c1F. The van der Waals surface area contributed by atoms with E-state index in [0.29, 0.717) is 6.54 Å². The highest BCUT2D eigenvalue weighted by Crippen LogP contribution is 2.11. The predicted molar refractivity (Wildman–Crippen MR) is 68.7 cm³/mol. The number of carbonyl (C=O) groups is 1. The molecule has 0 aliphatic heterocycles. The zero-order valence-electron chi connectivity index (χ0n) is 10.7. The smallest absolute Gasteiger partial charge is 0.254 e. The molecule has 1 amide bonds. The van der Waals surface area contributed by atoms with Gasteiger partial charge in [-0.3, -0.25) is 4.79 Å². The molecule has 0 saturated carbocycles. The van der Waals surface area contributed by atoms with Crippen molar-refractivity contribution in [3.05, 3.63) is 23.6 Å². The molecule has 0 fully saturated rings. The van der Waals surface area contributed by atoms with E-state index in [1.165, 1.54) is 12.3 Å². The van der Waals surface area contributed by atoms with Gasteiger partial charge in [-0.2, -0.15) is 0 Å². The van der Waals surface area contributed by atoms with Crippen molar-refractivity contribution in [2.75, 3.05) is 32.9 Å². The molecule has 0 saturated heterocycles. The summed E-state index contributed by atoms with van der Waals surface area (Å²) in [6.07, 6.45) is 3.15. The fraction of sp³-hybridized carbons (Fsp3) is 0.500. The number of nitrogen functional groups attached to an aromatic ring is 1. The molecule has 0 aliphatic rings. The molecule has 0 radical (unpaired) electrons. The van der Waals surface area contributed by atoms with Crippen LogP contribution in [0.25, 0.3) is 0 Å². The summed E-state index contributed by atoms with van der Waals surface area (Å²) in [5.74, 6) is -1.47. The summed E-state index contributed by atoms with van der Waals surface area (Å²) < 4.78 is 13.5. The molecule has 18 heavy (non-hydrogen) atoms. The first-order valence-corrected chi connectivity index (χ1v) is 5.85. The van der Waals surface area contributed by atoms with Crippen LogP contribution in [0.3, 0.4) is 0 Å². The van der Waals surface area contributed by atoms with E-state index in [1.54, 1.807) is 0 Å². The molecule has 0 aromatic carbocycles. The summed E-state index contributed by atoms with van der Waals surface area (Å²) in [6.45, 7) is 1.49. The van der Waals surface area contributed by atoms with Crippen molar-refractivity contribution in [3.63, 3.8) is 0 Å². The molecular formula is C12H19FN4O. The number of amides is 1. The summed E-state index contributed by atoms with van der Waals surface area (Å²) in [6, 6.07) is 1.32. The molecule has 100 valence electrons. The maximum atomic E-state index is 13.5. The number of nitrogens with two attached hydrogens (primary N) is 1. The summed E-state index contributed by atoms with van der Waals surface area (Å²) in [7, 11) is 3.99. The van der Waals surface area contributed by atoms with Gasteiger partial charge in [-0.1, -0.05) is 0 Å². The van der Waals surface area contributed by atoms with E-state index >= 15 is 0 Å². The number of nitrogens with zero attached hydrogens (tertiary/aromatic N) is 2. The number of halogens is 1. The lowest BCUT2D eigenvalue weighted by Crippen LogP contribution is -2.26. The van der Waals surface area contributed by atoms with Crippen LogP contribution in [0.2, 0.25) is 0 Å². The third-order valence-corrected chi connectivity index (χ3v) is 2.48. The Bertz CT molecular complexity index is 409. The summed E-state index contributed by atoms with van der Waals surface area (Å²) in [5, 5.41) is 2.66. The van der Waals surface area contributed by atoms with Gasteiger partial charge in [0, 0.05) is 12.7 Å². The number of anilines is 1. The highest BCUT2D eigenvalue weighted by Gasteiger charge is 2.13. The molecule has 0 spiro atoms. The largest absolute Gasteiger partial charge is 0.381 e. The van der Waals surface area contributed by atoms with Crippen molar-refractivity contribution in [2.24, 2.45) is 0 Å². The first kappa shape index (κ1) is 14.4. The number of carbonyl (C=O) groups excluding carboxylic acids is 1. The van der Waals surface area contributed by atoms with Crippen molar-refractivity contribution < 1.29 is 9.18 Å². The molecule has 1 aromatic heterocycles. The number of pyridine rings is 1. The second-order valence-electron chi connectivity index (χ2n) is 4.32. The van der Waals surface area contributed by atoms with Crippen LogP contribution in [-0.2, 0) is 0 Å². The number of rotatable bonds is 6. The predicted octanol–water partition coefficient (Wildman–Crippen LogP) is 0.875. The first-order valence-electron chi connectivity index (χ1n) is 5.85. The van der Waals surface area contributed by atoms with Gasteiger partial charge in [-0.15, -0.1) is 0 Å². The molecule has 3 N–H and O–H groups in total. The van der Waals surface area contributed by atoms with E-state index < -0.39 is 11.7 Å². The highest BCUT2D eigenvalue weighted by molar-refractivity contribution is 5.95. The third-order valence-electron chi connectivity index (χ3n) is 2.48. The topological polar surface area (TPSA) is 71.2 Å². The van der Waals surface area contributed by atoms with Crippen LogP contribution in [0.4, 0.5) is 10.2 Å². The number of hydrogen-bond acceptors (Lipinski definition) is 4. The number of nitrogens with one attached hydrogen (secondary N) is 1. The Balaban J connectivity index is 2.39. The average molecular weight is 254 g/mol. The molecule has 0 atom stereocenters. The third kappa shape index (κ3) is 4.29. The monoisotopic (exact) mass is 254 g/mol. The number of aromatic nitrogens is 1. The molecule has 1 aromatic rings. The molecule has 0 bridgehead atoms. The minimum atomic E-state index is -0.761. The molecule has 0 aliphatic carbocycles. The Kier molecular flexibility index (Phi) is 5.51. The van der Waals surface area contributed by atoms with E-state index in [-0.39, 0.29) is 11.4 Å². The normalized spacial score (nSPS) is 10.7. The van der Waals surface area contributed by atoms with Gasteiger partial charge >= 0.3 is 0 Å². The second kappa shape index (κ2) is 6.90. The Hall–Kier alpha value is -1.69. The van der Waals surface area contributed by atoms with Crippen LogP contribution in [0.5, 0.6) is 0 Å². The van der Waals surface area contributed by atoms with E-state index in [2.05, 4.69) is 15.2 Å². The van der Waals surface area contributed by atoms with Crippen LogP contribution < -0.4 is 11.1 Å². The Labute approximate surface area is 106 Å². The van der Waals surface area contributed by atoms with Crippen LogP contribution in [0.1, 0.15) is 23.2 Å². The van der Waals surface area contributed by atoms with Gasteiger partial charge in [-0.25, -0.2) is 9.37 Å². The second-order valence-corrected chi connectivity index (χ2v) is 4.32. The van der Waals surface area contributed by atoms with Crippen molar-refractivity contribution >= 4 is 11.7 Å². The molecule has 1 heterocycles. The number of unbranched alkanes of at least 4 members (excludes halogenated alkanes) is 1. The van der Waals surface area contributed by atoms with Gasteiger partial charge in [0.05, 0.1) is 5.56 Å². The highest BCUT2D eigenvalue weighted by atomic mass is 19.1. The average Bonchev–Trinajstić information content (AvgIpc) is 2.31. The Morgan fingerprint density at radius 3 is 2.89 bits per heavy atom. The molecule has 6 heteroatoms. The van der Waals surface area contributed by atoms with E-state index in [0.717, 1.165) is 19.4 Å². The molecular weight excluding hydrogens is 235 g/mol. The Morgan fingerprint density at radius 1 is 1.50 bits per heavy atom. The molecule has 5 nitrogen and oxygen atoms in total. The lowest BCUT2D eigenvalue weighted by atomic mass is 10.2. The van der Waals surface area contributed by atoms with Crippen molar-refractivity contribution in [2.45, 2.75) is 12.8 Å². The molecule has 1 rings (SSSR count). The fourth-order valence-electron chi connectivity index (χ4n) is 1.49. The minimum Gasteiger partial charge on any atom is -0.381 e. The van der Waals surface area contributed by atoms with E-state index in [9.17, 15) is 9.18 Å². The minimum absolute atomic E-state index is 0.0601. The standard InChI is InChI=1S/C12H19FN4O/c1-17(2)8-4-3-6-16-12(18)9-5-7-15-11(14)10(9)13/h5,7H,3-4,6,8H2,1-2H3,(H2,14,15)(H,16,18). The molecule has 0 unspecified atom stereocenters. The van der Waals surface area contributed by atoms with Crippen molar-refractivity contribution in [1.29, 1.82) is 0 Å². The number of hydrogen-bond donors (Lipinski definition) is 2. The summed E-state index contributed by atoms with van der Waals surface area (Å²) >= 11 is 0.